The standard InChI is InChI=1S/C10H21N5O3/c1-6(13-2)8(16)15-7(9(17)18)4-3-5-14-10(11)12/h6-7,13H,3-5H2,1-2H3,(H,15,16)(H,17,18)(H4,11,12,14)/t6-,7-/m0/s1. The lowest BCUT2D eigenvalue weighted by Gasteiger charge is -2.17. The van der Waals surface area contributed by atoms with Gasteiger partial charge in [-0.1, -0.05) is 0 Å². The number of guanidine groups is 1. The van der Waals surface area contributed by atoms with E-state index in [1.54, 1.807) is 14.0 Å². The molecule has 2 atom stereocenters. The summed E-state index contributed by atoms with van der Waals surface area (Å²) in [7, 11) is 1.62. The third-order valence-corrected chi connectivity index (χ3v) is 2.43. The van der Waals surface area contributed by atoms with Crippen LogP contribution in [0.25, 0.3) is 0 Å². The summed E-state index contributed by atoms with van der Waals surface area (Å²) in [4.78, 5) is 22.5. The highest BCUT2D eigenvalue weighted by Gasteiger charge is 2.21. The van der Waals surface area contributed by atoms with Gasteiger partial charge < -0.3 is 26.8 Å². The molecule has 0 aliphatic rings. The highest BCUT2D eigenvalue weighted by atomic mass is 16.4. The van der Waals surface area contributed by atoms with Crippen molar-refractivity contribution in [2.75, 3.05) is 13.6 Å². The van der Waals surface area contributed by atoms with Gasteiger partial charge in [-0.25, -0.2) is 4.79 Å². The predicted molar refractivity (Wildman–Crippen MR) is 67.2 cm³/mol. The first-order valence-corrected chi connectivity index (χ1v) is 5.66. The Hall–Kier alpha value is -1.83. The number of aliphatic carboxylic acids is 1. The van der Waals surface area contributed by atoms with Crippen molar-refractivity contribution in [3.63, 3.8) is 0 Å². The summed E-state index contributed by atoms with van der Waals surface area (Å²) in [6.07, 6.45) is 0.766. The second-order valence-electron chi connectivity index (χ2n) is 3.89. The van der Waals surface area contributed by atoms with E-state index in [9.17, 15) is 9.59 Å². The van der Waals surface area contributed by atoms with Gasteiger partial charge in [-0.15, -0.1) is 0 Å². The second kappa shape index (κ2) is 8.29. The summed E-state index contributed by atoms with van der Waals surface area (Å²) < 4.78 is 0. The maximum Gasteiger partial charge on any atom is 0.326 e. The fourth-order valence-corrected chi connectivity index (χ4v) is 1.21. The molecule has 0 rings (SSSR count). The maximum absolute atomic E-state index is 11.5. The van der Waals surface area contributed by atoms with Crippen molar-refractivity contribution in [2.45, 2.75) is 31.8 Å². The number of hydrogen-bond donors (Lipinski definition) is 6. The first kappa shape index (κ1) is 16.2. The highest BCUT2D eigenvalue weighted by Crippen LogP contribution is 1.98. The van der Waals surface area contributed by atoms with Crippen LogP contribution in [0.15, 0.2) is 0 Å². The van der Waals surface area contributed by atoms with E-state index in [0.717, 1.165) is 0 Å². The Kier molecular flexibility index (Phi) is 7.45. The maximum atomic E-state index is 11.5. The van der Waals surface area contributed by atoms with Crippen LogP contribution in [-0.4, -0.2) is 48.6 Å². The molecule has 0 bridgehead atoms. The van der Waals surface area contributed by atoms with Crippen LogP contribution in [0.5, 0.6) is 0 Å². The van der Waals surface area contributed by atoms with E-state index >= 15 is 0 Å². The molecule has 0 fully saturated rings. The van der Waals surface area contributed by atoms with Crippen molar-refractivity contribution >= 4 is 17.8 Å². The van der Waals surface area contributed by atoms with Gasteiger partial charge in [-0.3, -0.25) is 10.2 Å². The number of amides is 1. The number of rotatable bonds is 8. The number of nitrogens with two attached hydrogens (primary N) is 1. The molecule has 0 heterocycles. The number of likely N-dealkylation sites (N-methyl/N-ethyl adjacent to an activating group) is 1. The summed E-state index contributed by atoms with van der Waals surface area (Å²) in [5.41, 5.74) is 5.09. The van der Waals surface area contributed by atoms with E-state index in [4.69, 9.17) is 16.2 Å². The third-order valence-electron chi connectivity index (χ3n) is 2.43. The number of carboxylic acid groups (broad SMARTS) is 1. The van der Waals surface area contributed by atoms with Crippen molar-refractivity contribution < 1.29 is 14.7 Å². The van der Waals surface area contributed by atoms with Crippen LogP contribution >= 0.6 is 0 Å². The van der Waals surface area contributed by atoms with E-state index in [2.05, 4.69) is 16.0 Å². The zero-order valence-electron chi connectivity index (χ0n) is 10.6. The number of hydrogen-bond acceptors (Lipinski definition) is 4. The van der Waals surface area contributed by atoms with Gasteiger partial charge >= 0.3 is 5.97 Å². The zero-order chi connectivity index (χ0) is 14.1. The molecule has 0 aromatic carbocycles. The molecule has 104 valence electrons. The van der Waals surface area contributed by atoms with Gasteiger partial charge in [0.25, 0.3) is 0 Å². The number of carboxylic acids is 1. The lowest BCUT2D eigenvalue weighted by Crippen LogP contribution is -2.48. The van der Waals surface area contributed by atoms with Crippen LogP contribution < -0.4 is 21.7 Å². The minimum absolute atomic E-state index is 0.158. The Morgan fingerprint density at radius 3 is 2.50 bits per heavy atom. The summed E-state index contributed by atoms with van der Waals surface area (Å²) in [6, 6.07) is -1.37. The summed E-state index contributed by atoms with van der Waals surface area (Å²) in [5.74, 6) is -1.59. The van der Waals surface area contributed by atoms with Crippen molar-refractivity contribution in [2.24, 2.45) is 5.73 Å². The van der Waals surface area contributed by atoms with Crippen molar-refractivity contribution in [1.82, 2.24) is 16.0 Å². The number of nitrogens with one attached hydrogen (secondary N) is 4. The molecule has 0 aromatic rings. The van der Waals surface area contributed by atoms with Crippen molar-refractivity contribution in [3.8, 4) is 0 Å². The third kappa shape index (κ3) is 6.69. The zero-order valence-corrected chi connectivity index (χ0v) is 10.6. The smallest absolute Gasteiger partial charge is 0.326 e. The first-order chi connectivity index (χ1) is 8.38. The molecule has 0 unspecified atom stereocenters. The minimum Gasteiger partial charge on any atom is -0.480 e. The Bertz CT molecular complexity index is 308. The van der Waals surface area contributed by atoms with Gasteiger partial charge in [0.05, 0.1) is 6.04 Å². The average Bonchev–Trinajstić information content (AvgIpc) is 2.30. The van der Waals surface area contributed by atoms with Gasteiger partial charge in [-0.05, 0) is 26.8 Å². The average molecular weight is 259 g/mol. The fraction of sp³-hybridized carbons (Fsp3) is 0.700. The van der Waals surface area contributed by atoms with E-state index in [1.807, 2.05) is 0 Å². The summed E-state index contributed by atoms with van der Waals surface area (Å²) in [5, 5.41) is 23.6. The number of carbonyl (C=O) groups is 2. The Morgan fingerprint density at radius 1 is 1.44 bits per heavy atom. The Morgan fingerprint density at radius 2 is 2.06 bits per heavy atom. The quantitative estimate of drug-likeness (QED) is 0.177. The SMILES string of the molecule is CN[C@@H](C)C(=O)N[C@@H](CCCNC(=N)N)C(=O)O. The van der Waals surface area contributed by atoms with Gasteiger partial charge in [0.2, 0.25) is 5.91 Å². The van der Waals surface area contributed by atoms with Crippen LogP contribution in [0.4, 0.5) is 0 Å². The molecule has 0 saturated heterocycles. The highest BCUT2D eigenvalue weighted by molar-refractivity contribution is 5.86. The van der Waals surface area contributed by atoms with E-state index in [1.165, 1.54) is 0 Å². The van der Waals surface area contributed by atoms with Crippen LogP contribution in [0, 0.1) is 5.41 Å². The molecule has 0 aliphatic carbocycles. The molecular formula is C10H21N5O3. The molecule has 1 amide bonds. The van der Waals surface area contributed by atoms with Gasteiger partial charge in [0.1, 0.15) is 6.04 Å². The molecule has 0 radical (unpaired) electrons. The van der Waals surface area contributed by atoms with Crippen LogP contribution in [0.2, 0.25) is 0 Å². The molecule has 7 N–H and O–H groups in total. The Labute approximate surface area is 106 Å². The van der Waals surface area contributed by atoms with Crippen molar-refractivity contribution in [3.05, 3.63) is 0 Å². The monoisotopic (exact) mass is 259 g/mol. The summed E-state index contributed by atoms with van der Waals surface area (Å²) in [6.45, 7) is 2.04. The molecule has 0 aromatic heterocycles. The van der Waals surface area contributed by atoms with E-state index in [-0.39, 0.29) is 18.3 Å². The van der Waals surface area contributed by atoms with E-state index < -0.39 is 18.1 Å². The first-order valence-electron chi connectivity index (χ1n) is 5.66. The largest absolute Gasteiger partial charge is 0.480 e. The summed E-state index contributed by atoms with van der Waals surface area (Å²) >= 11 is 0. The molecule has 0 spiro atoms. The number of carbonyl (C=O) groups excluding carboxylic acids is 1. The topological polar surface area (TPSA) is 140 Å². The molecule has 18 heavy (non-hydrogen) atoms. The molecule has 8 nitrogen and oxygen atoms in total. The second-order valence-corrected chi connectivity index (χ2v) is 3.89. The van der Waals surface area contributed by atoms with Crippen LogP contribution in [-0.2, 0) is 9.59 Å². The molecule has 8 heteroatoms. The lowest BCUT2D eigenvalue weighted by molar-refractivity contribution is -0.142. The van der Waals surface area contributed by atoms with Gasteiger partial charge in [0, 0.05) is 6.54 Å². The minimum atomic E-state index is -1.07. The molecule has 0 aliphatic heterocycles. The molecular weight excluding hydrogens is 238 g/mol. The molecule has 0 saturated carbocycles. The normalized spacial score (nSPS) is 13.4. The van der Waals surface area contributed by atoms with Crippen LogP contribution in [0.1, 0.15) is 19.8 Å². The fourth-order valence-electron chi connectivity index (χ4n) is 1.21. The lowest BCUT2D eigenvalue weighted by atomic mass is 10.1. The van der Waals surface area contributed by atoms with Crippen molar-refractivity contribution in [1.29, 1.82) is 5.41 Å². The Balaban J connectivity index is 4.11. The van der Waals surface area contributed by atoms with Gasteiger partial charge in [-0.2, -0.15) is 0 Å². The predicted octanol–water partition coefficient (Wildman–Crippen LogP) is -1.57. The van der Waals surface area contributed by atoms with Crippen LogP contribution in [0.3, 0.4) is 0 Å². The van der Waals surface area contributed by atoms with Gasteiger partial charge in [0.15, 0.2) is 5.96 Å². The van der Waals surface area contributed by atoms with E-state index in [0.29, 0.717) is 13.0 Å².